The summed E-state index contributed by atoms with van der Waals surface area (Å²) in [7, 11) is 0. The first-order chi connectivity index (χ1) is 10.7. The highest BCUT2D eigenvalue weighted by molar-refractivity contribution is 5.33. The summed E-state index contributed by atoms with van der Waals surface area (Å²) in [5.41, 5.74) is 0.797. The van der Waals surface area contributed by atoms with Gasteiger partial charge >= 0.3 is 0 Å². The molecular formula is C19H28F2O. The Morgan fingerprint density at radius 1 is 1.00 bits per heavy atom. The second kappa shape index (κ2) is 8.50. The van der Waals surface area contributed by atoms with Crippen LogP contribution < -0.4 is 4.74 Å². The van der Waals surface area contributed by atoms with Crippen LogP contribution in [0.15, 0.2) is 12.1 Å². The van der Waals surface area contributed by atoms with Gasteiger partial charge in [-0.05, 0) is 62.1 Å². The van der Waals surface area contributed by atoms with Gasteiger partial charge in [-0.25, -0.2) is 8.78 Å². The molecule has 0 radical (unpaired) electrons. The summed E-state index contributed by atoms with van der Waals surface area (Å²) in [4.78, 5) is 0. The first kappa shape index (κ1) is 17.2. The summed E-state index contributed by atoms with van der Waals surface area (Å²) < 4.78 is 33.0. The lowest BCUT2D eigenvalue weighted by atomic mass is 9.77. The largest absolute Gasteiger partial charge is 0.488 e. The van der Waals surface area contributed by atoms with E-state index in [0.717, 1.165) is 24.3 Å². The third-order valence-corrected chi connectivity index (χ3v) is 4.84. The number of rotatable bonds is 7. The van der Waals surface area contributed by atoms with E-state index in [0.29, 0.717) is 5.92 Å². The van der Waals surface area contributed by atoms with Crippen molar-refractivity contribution in [3.8, 4) is 5.75 Å². The van der Waals surface area contributed by atoms with Gasteiger partial charge in [0.05, 0.1) is 6.61 Å². The van der Waals surface area contributed by atoms with Crippen molar-refractivity contribution < 1.29 is 13.5 Å². The molecule has 1 saturated carbocycles. The van der Waals surface area contributed by atoms with Gasteiger partial charge in [0.2, 0.25) is 0 Å². The third kappa shape index (κ3) is 4.44. The van der Waals surface area contributed by atoms with Gasteiger partial charge < -0.3 is 4.74 Å². The van der Waals surface area contributed by atoms with E-state index in [1.165, 1.54) is 50.7 Å². The highest BCUT2D eigenvalue weighted by Crippen LogP contribution is 2.39. The Balaban J connectivity index is 1.94. The zero-order valence-corrected chi connectivity index (χ0v) is 13.8. The molecule has 0 saturated heterocycles. The van der Waals surface area contributed by atoms with Gasteiger partial charge in [0.1, 0.15) is 0 Å². The van der Waals surface area contributed by atoms with Crippen molar-refractivity contribution in [2.45, 2.75) is 71.1 Å². The van der Waals surface area contributed by atoms with Crippen molar-refractivity contribution in [2.24, 2.45) is 5.92 Å². The van der Waals surface area contributed by atoms with Crippen LogP contribution in [0, 0.1) is 17.6 Å². The van der Waals surface area contributed by atoms with Crippen LogP contribution in [0.3, 0.4) is 0 Å². The van der Waals surface area contributed by atoms with Crippen LogP contribution in [-0.4, -0.2) is 6.61 Å². The van der Waals surface area contributed by atoms with E-state index in [2.05, 4.69) is 6.92 Å². The molecule has 0 aliphatic heterocycles. The average Bonchev–Trinajstić information content (AvgIpc) is 2.52. The van der Waals surface area contributed by atoms with Crippen LogP contribution in [-0.2, 0) is 0 Å². The van der Waals surface area contributed by atoms with E-state index in [1.54, 1.807) is 6.92 Å². The number of unbranched alkanes of at least 4 members (excludes halogenated alkanes) is 2. The molecule has 0 amide bonds. The van der Waals surface area contributed by atoms with Gasteiger partial charge in [-0.1, -0.05) is 32.6 Å². The summed E-state index contributed by atoms with van der Waals surface area (Å²) in [6.45, 7) is 4.23. The first-order valence-electron chi connectivity index (χ1n) is 8.77. The summed E-state index contributed by atoms with van der Waals surface area (Å²) in [5, 5.41) is 0. The number of hydrogen-bond acceptors (Lipinski definition) is 1. The van der Waals surface area contributed by atoms with Crippen LogP contribution >= 0.6 is 0 Å². The Bertz CT molecular complexity index is 441. The van der Waals surface area contributed by atoms with Gasteiger partial charge in [0, 0.05) is 0 Å². The van der Waals surface area contributed by atoms with Gasteiger partial charge in [-0.2, -0.15) is 0 Å². The topological polar surface area (TPSA) is 9.23 Å². The molecule has 1 aliphatic rings. The van der Waals surface area contributed by atoms with Crippen molar-refractivity contribution >= 4 is 0 Å². The number of benzene rings is 1. The predicted octanol–water partition coefficient (Wildman–Crippen LogP) is 6.22. The second-order valence-corrected chi connectivity index (χ2v) is 6.46. The molecule has 0 unspecified atom stereocenters. The molecule has 0 atom stereocenters. The van der Waals surface area contributed by atoms with Crippen molar-refractivity contribution in [2.75, 3.05) is 6.61 Å². The number of halogens is 2. The Kier molecular flexibility index (Phi) is 6.66. The Labute approximate surface area is 133 Å². The smallest absolute Gasteiger partial charge is 0.190 e. The summed E-state index contributed by atoms with van der Waals surface area (Å²) in [5.74, 6) is -0.273. The minimum Gasteiger partial charge on any atom is -0.488 e. The van der Waals surface area contributed by atoms with Crippen LogP contribution in [0.5, 0.6) is 5.75 Å². The lowest BCUT2D eigenvalue weighted by Gasteiger charge is -2.29. The van der Waals surface area contributed by atoms with Crippen molar-refractivity contribution in [3.05, 3.63) is 29.3 Å². The maximum absolute atomic E-state index is 14.0. The number of ether oxygens (including phenoxy) is 1. The molecule has 22 heavy (non-hydrogen) atoms. The first-order valence-corrected chi connectivity index (χ1v) is 8.77. The average molecular weight is 310 g/mol. The lowest BCUT2D eigenvalue weighted by Crippen LogP contribution is -2.14. The Morgan fingerprint density at radius 2 is 1.64 bits per heavy atom. The molecule has 2 rings (SSSR count). The molecular weight excluding hydrogens is 282 g/mol. The standard InChI is InChI=1S/C19H28F2O/c1-3-5-6-7-14-8-10-15(11-9-14)16-12-17(20)19(22-4-2)18(21)13-16/h12-15H,3-11H2,1-2H3. The fraction of sp³-hybridized carbons (Fsp3) is 0.684. The molecule has 124 valence electrons. The highest BCUT2D eigenvalue weighted by Gasteiger charge is 2.24. The normalized spacial score (nSPS) is 21.8. The fourth-order valence-electron chi connectivity index (χ4n) is 3.56. The minimum absolute atomic E-state index is 0.237. The minimum atomic E-state index is -0.568. The van der Waals surface area contributed by atoms with E-state index < -0.39 is 11.6 Å². The van der Waals surface area contributed by atoms with Gasteiger partial charge in [-0.3, -0.25) is 0 Å². The van der Waals surface area contributed by atoms with E-state index in [4.69, 9.17) is 4.74 Å². The summed E-state index contributed by atoms with van der Waals surface area (Å²) >= 11 is 0. The molecule has 0 N–H and O–H groups in total. The molecule has 0 heterocycles. The maximum Gasteiger partial charge on any atom is 0.190 e. The maximum atomic E-state index is 14.0. The van der Waals surface area contributed by atoms with Crippen molar-refractivity contribution in [1.29, 1.82) is 0 Å². The van der Waals surface area contributed by atoms with Crippen LogP contribution in [0.4, 0.5) is 8.78 Å². The zero-order chi connectivity index (χ0) is 15.9. The lowest BCUT2D eigenvalue weighted by molar-refractivity contribution is 0.294. The van der Waals surface area contributed by atoms with E-state index in [-0.39, 0.29) is 12.4 Å². The summed E-state index contributed by atoms with van der Waals surface area (Å²) in [6.07, 6.45) is 9.67. The molecule has 1 aromatic carbocycles. The Hall–Kier alpha value is -1.12. The van der Waals surface area contributed by atoms with Gasteiger partial charge in [0.25, 0.3) is 0 Å². The summed E-state index contributed by atoms with van der Waals surface area (Å²) in [6, 6.07) is 2.94. The molecule has 0 spiro atoms. The van der Waals surface area contributed by atoms with Crippen LogP contribution in [0.1, 0.15) is 76.7 Å². The van der Waals surface area contributed by atoms with Crippen LogP contribution in [0.25, 0.3) is 0 Å². The van der Waals surface area contributed by atoms with Crippen molar-refractivity contribution in [3.63, 3.8) is 0 Å². The zero-order valence-electron chi connectivity index (χ0n) is 13.8. The highest BCUT2D eigenvalue weighted by atomic mass is 19.1. The van der Waals surface area contributed by atoms with Crippen molar-refractivity contribution in [1.82, 2.24) is 0 Å². The molecule has 3 heteroatoms. The second-order valence-electron chi connectivity index (χ2n) is 6.46. The predicted molar refractivity (Wildman–Crippen MR) is 86.4 cm³/mol. The van der Waals surface area contributed by atoms with Gasteiger partial charge in [-0.15, -0.1) is 0 Å². The fourth-order valence-corrected chi connectivity index (χ4v) is 3.56. The quantitative estimate of drug-likeness (QED) is 0.543. The Morgan fingerprint density at radius 3 is 2.18 bits per heavy atom. The molecule has 0 bridgehead atoms. The molecule has 1 aliphatic carbocycles. The van der Waals surface area contributed by atoms with E-state index in [9.17, 15) is 8.78 Å². The van der Waals surface area contributed by atoms with E-state index in [1.807, 2.05) is 0 Å². The molecule has 1 fully saturated rings. The third-order valence-electron chi connectivity index (χ3n) is 4.84. The number of hydrogen-bond donors (Lipinski definition) is 0. The SMILES string of the molecule is CCCCCC1CCC(c2cc(F)c(OCC)c(F)c2)CC1. The monoisotopic (exact) mass is 310 g/mol. The molecule has 1 aromatic rings. The molecule has 1 nitrogen and oxygen atoms in total. The van der Waals surface area contributed by atoms with E-state index >= 15 is 0 Å². The molecule has 0 aromatic heterocycles. The van der Waals surface area contributed by atoms with Gasteiger partial charge in [0.15, 0.2) is 17.4 Å². The van der Waals surface area contributed by atoms with Crippen LogP contribution in [0.2, 0.25) is 0 Å².